The van der Waals surface area contributed by atoms with E-state index < -0.39 is 0 Å². The molecule has 0 N–H and O–H groups in total. The van der Waals surface area contributed by atoms with Gasteiger partial charge in [0.05, 0.1) is 13.0 Å². The lowest BCUT2D eigenvalue weighted by Crippen LogP contribution is -2.21. The minimum atomic E-state index is -0.0791. The second-order valence-corrected chi connectivity index (χ2v) is 5.51. The van der Waals surface area contributed by atoms with Crippen LogP contribution in [0.3, 0.4) is 0 Å². The van der Waals surface area contributed by atoms with Crippen molar-refractivity contribution >= 4 is 17.7 Å². The lowest BCUT2D eigenvalue weighted by Gasteiger charge is -2.24. The summed E-state index contributed by atoms with van der Waals surface area (Å²) in [5.41, 5.74) is 0. The molecule has 0 aromatic heterocycles. The monoisotopic (exact) mass is 232 g/mol. The molecule has 0 radical (unpaired) electrons. The van der Waals surface area contributed by atoms with Gasteiger partial charge in [0.2, 0.25) is 0 Å². The molecule has 0 spiro atoms. The number of thioether (sulfide) groups is 1. The maximum atomic E-state index is 11.2. The Balaban J connectivity index is 2.16. The van der Waals surface area contributed by atoms with E-state index >= 15 is 0 Å². The van der Waals surface area contributed by atoms with Crippen LogP contribution >= 0.6 is 11.8 Å². The lowest BCUT2D eigenvalue weighted by atomic mass is 10.2. The topological polar surface area (TPSA) is 35.5 Å². The third kappa shape index (κ3) is 5.42. The summed E-state index contributed by atoms with van der Waals surface area (Å²) in [6, 6.07) is 0. The van der Waals surface area contributed by atoms with Crippen LogP contribution in [0.2, 0.25) is 0 Å². The smallest absolute Gasteiger partial charge is 0.306 e. The first-order chi connectivity index (χ1) is 7.22. The fourth-order valence-electron chi connectivity index (χ4n) is 1.64. The normalized spacial score (nSPS) is 19.9. The maximum absolute atomic E-state index is 11.2. The number of hydrogen-bond acceptors (Lipinski definition) is 4. The van der Waals surface area contributed by atoms with E-state index in [0.717, 1.165) is 26.1 Å². The van der Waals surface area contributed by atoms with E-state index in [9.17, 15) is 4.79 Å². The third-order valence-electron chi connectivity index (χ3n) is 2.35. The van der Waals surface area contributed by atoms with E-state index in [0.29, 0.717) is 23.5 Å². The van der Waals surface area contributed by atoms with Crippen molar-refractivity contribution in [3.63, 3.8) is 0 Å². The molecule has 88 valence electrons. The Hall–Kier alpha value is -0.220. The molecule has 1 aliphatic heterocycles. The molecule has 15 heavy (non-hydrogen) atoms. The van der Waals surface area contributed by atoms with Crippen LogP contribution in [0.1, 0.15) is 33.1 Å². The number of ether oxygens (including phenoxy) is 2. The maximum Gasteiger partial charge on any atom is 0.306 e. The average molecular weight is 232 g/mol. The van der Waals surface area contributed by atoms with Crippen LogP contribution in [-0.2, 0) is 14.3 Å². The second-order valence-electron chi connectivity index (χ2n) is 3.77. The van der Waals surface area contributed by atoms with Crippen molar-refractivity contribution in [2.24, 2.45) is 0 Å². The van der Waals surface area contributed by atoms with Gasteiger partial charge in [-0.1, -0.05) is 6.92 Å². The minimum Gasteiger partial charge on any atom is -0.466 e. The first-order valence-electron chi connectivity index (χ1n) is 5.61. The van der Waals surface area contributed by atoms with Gasteiger partial charge in [0.15, 0.2) is 0 Å². The zero-order valence-corrected chi connectivity index (χ0v) is 10.3. The molecule has 1 saturated heterocycles. The molecule has 4 heteroatoms. The van der Waals surface area contributed by atoms with Crippen LogP contribution in [0.25, 0.3) is 0 Å². The van der Waals surface area contributed by atoms with Gasteiger partial charge in [-0.25, -0.2) is 0 Å². The van der Waals surface area contributed by atoms with Crippen molar-refractivity contribution in [2.45, 2.75) is 43.6 Å². The molecule has 0 bridgehead atoms. The van der Waals surface area contributed by atoms with E-state index in [1.54, 1.807) is 0 Å². The van der Waals surface area contributed by atoms with Gasteiger partial charge in [-0.15, -0.1) is 0 Å². The summed E-state index contributed by atoms with van der Waals surface area (Å²) in [6.45, 7) is 6.15. The van der Waals surface area contributed by atoms with Crippen LogP contribution < -0.4 is 0 Å². The molecule has 0 amide bonds. The molecule has 1 aliphatic rings. The summed E-state index contributed by atoms with van der Waals surface area (Å²) >= 11 is 1.89. The zero-order chi connectivity index (χ0) is 11.1. The molecule has 1 fully saturated rings. The van der Waals surface area contributed by atoms with E-state index in [2.05, 4.69) is 6.92 Å². The van der Waals surface area contributed by atoms with Gasteiger partial charge in [-0.2, -0.15) is 11.8 Å². The first-order valence-corrected chi connectivity index (χ1v) is 6.55. The van der Waals surface area contributed by atoms with Crippen LogP contribution in [0.5, 0.6) is 0 Å². The molecular weight excluding hydrogens is 212 g/mol. The molecule has 3 nitrogen and oxygen atoms in total. The molecule has 1 rings (SSSR count). The van der Waals surface area contributed by atoms with Gasteiger partial charge in [0.25, 0.3) is 0 Å². The second kappa shape index (κ2) is 7.12. The van der Waals surface area contributed by atoms with Crippen molar-refractivity contribution in [1.82, 2.24) is 0 Å². The SMILES string of the molecule is CCOC(=O)CC(C)SC1CCOCC1. The highest BCUT2D eigenvalue weighted by Crippen LogP contribution is 2.27. The van der Waals surface area contributed by atoms with E-state index in [1.165, 1.54) is 0 Å². The van der Waals surface area contributed by atoms with E-state index in [-0.39, 0.29) is 5.97 Å². The summed E-state index contributed by atoms with van der Waals surface area (Å²) < 4.78 is 10.2. The Kier molecular flexibility index (Phi) is 6.10. The summed E-state index contributed by atoms with van der Waals surface area (Å²) in [7, 11) is 0. The zero-order valence-electron chi connectivity index (χ0n) is 9.53. The number of carbonyl (C=O) groups excluding carboxylic acids is 1. The highest BCUT2D eigenvalue weighted by molar-refractivity contribution is 8.00. The van der Waals surface area contributed by atoms with Crippen molar-refractivity contribution in [2.75, 3.05) is 19.8 Å². The fraction of sp³-hybridized carbons (Fsp3) is 0.909. The Labute approximate surface area is 95.9 Å². The molecule has 1 heterocycles. The fourth-order valence-corrected chi connectivity index (χ4v) is 3.00. The third-order valence-corrected chi connectivity index (χ3v) is 3.84. The predicted molar refractivity (Wildman–Crippen MR) is 62.1 cm³/mol. The van der Waals surface area contributed by atoms with Gasteiger partial charge >= 0.3 is 5.97 Å². The van der Waals surface area contributed by atoms with Crippen molar-refractivity contribution in [3.05, 3.63) is 0 Å². The van der Waals surface area contributed by atoms with Crippen molar-refractivity contribution in [1.29, 1.82) is 0 Å². The lowest BCUT2D eigenvalue weighted by molar-refractivity contribution is -0.142. The van der Waals surface area contributed by atoms with Crippen LogP contribution in [0.15, 0.2) is 0 Å². The van der Waals surface area contributed by atoms with Gasteiger partial charge in [-0.05, 0) is 19.8 Å². The first kappa shape index (κ1) is 12.8. The van der Waals surface area contributed by atoms with Crippen molar-refractivity contribution < 1.29 is 14.3 Å². The summed E-state index contributed by atoms with van der Waals surface area (Å²) in [4.78, 5) is 11.2. The predicted octanol–water partition coefficient (Wildman–Crippen LogP) is 2.24. The summed E-state index contributed by atoms with van der Waals surface area (Å²) in [5.74, 6) is -0.0791. The van der Waals surface area contributed by atoms with Crippen molar-refractivity contribution in [3.8, 4) is 0 Å². The van der Waals surface area contributed by atoms with Crippen LogP contribution in [-0.4, -0.2) is 36.3 Å². The van der Waals surface area contributed by atoms with E-state index in [1.807, 2.05) is 18.7 Å². The molecule has 0 aliphatic carbocycles. The molecule has 0 saturated carbocycles. The van der Waals surface area contributed by atoms with Gasteiger partial charge in [0.1, 0.15) is 0 Å². The number of esters is 1. The Morgan fingerprint density at radius 2 is 2.20 bits per heavy atom. The van der Waals surface area contributed by atoms with Crippen LogP contribution in [0, 0.1) is 0 Å². The van der Waals surface area contributed by atoms with Gasteiger partial charge in [-0.3, -0.25) is 4.79 Å². The number of carbonyl (C=O) groups is 1. The highest BCUT2D eigenvalue weighted by atomic mass is 32.2. The number of hydrogen-bond donors (Lipinski definition) is 0. The summed E-state index contributed by atoms with van der Waals surface area (Å²) in [5, 5.41) is 1.01. The summed E-state index contributed by atoms with van der Waals surface area (Å²) in [6.07, 6.45) is 2.74. The van der Waals surface area contributed by atoms with E-state index in [4.69, 9.17) is 9.47 Å². The molecule has 1 unspecified atom stereocenters. The minimum absolute atomic E-state index is 0.0791. The molecule has 1 atom stereocenters. The Bertz CT molecular complexity index is 190. The molecule has 0 aromatic carbocycles. The standard InChI is InChI=1S/C11H20O3S/c1-3-14-11(12)8-9(2)15-10-4-6-13-7-5-10/h9-10H,3-8H2,1-2H3. The Morgan fingerprint density at radius 1 is 1.53 bits per heavy atom. The average Bonchev–Trinajstić information content (AvgIpc) is 2.19. The highest BCUT2D eigenvalue weighted by Gasteiger charge is 2.19. The Morgan fingerprint density at radius 3 is 2.80 bits per heavy atom. The number of rotatable bonds is 5. The van der Waals surface area contributed by atoms with Gasteiger partial charge in [0, 0.05) is 23.7 Å². The molecular formula is C11H20O3S. The van der Waals surface area contributed by atoms with Gasteiger partial charge < -0.3 is 9.47 Å². The quantitative estimate of drug-likeness (QED) is 0.681. The largest absolute Gasteiger partial charge is 0.466 e. The molecule has 0 aromatic rings. The van der Waals surface area contributed by atoms with Crippen LogP contribution in [0.4, 0.5) is 0 Å².